The average molecular weight is 407 g/mol. The van der Waals surface area contributed by atoms with Crippen LogP contribution in [0.2, 0.25) is 0 Å². The van der Waals surface area contributed by atoms with Gasteiger partial charge in [-0.25, -0.2) is 15.0 Å². The lowest BCUT2D eigenvalue weighted by Crippen LogP contribution is -2.42. The van der Waals surface area contributed by atoms with E-state index < -0.39 is 0 Å². The summed E-state index contributed by atoms with van der Waals surface area (Å²) in [7, 11) is 0. The van der Waals surface area contributed by atoms with Crippen LogP contribution in [-0.4, -0.2) is 47.0 Å². The van der Waals surface area contributed by atoms with Crippen LogP contribution in [0.25, 0.3) is 0 Å². The normalized spacial score (nSPS) is 16.6. The molecule has 0 amide bonds. The zero-order valence-corrected chi connectivity index (χ0v) is 18.1. The summed E-state index contributed by atoms with van der Waals surface area (Å²) in [5, 5.41) is 11.3. The Morgan fingerprint density at radius 3 is 2.74 bits per heavy atom. The van der Waals surface area contributed by atoms with Crippen molar-refractivity contribution in [3.05, 3.63) is 32.2 Å². The van der Waals surface area contributed by atoms with Gasteiger partial charge in [0.25, 0.3) is 0 Å². The van der Waals surface area contributed by atoms with E-state index in [0.717, 1.165) is 48.7 Å². The Morgan fingerprint density at radius 2 is 2.11 bits per heavy atom. The Kier molecular flexibility index (Phi) is 7.60. The van der Waals surface area contributed by atoms with Gasteiger partial charge in [-0.15, -0.1) is 22.7 Å². The number of rotatable bonds is 7. The summed E-state index contributed by atoms with van der Waals surface area (Å²) in [4.78, 5) is 17.4. The van der Waals surface area contributed by atoms with Gasteiger partial charge in [0.2, 0.25) is 0 Å². The molecule has 2 aromatic heterocycles. The minimum atomic E-state index is 0.638. The van der Waals surface area contributed by atoms with Crippen LogP contribution in [0.15, 0.2) is 16.6 Å². The van der Waals surface area contributed by atoms with E-state index in [1.165, 1.54) is 23.4 Å². The lowest BCUT2D eigenvalue weighted by Gasteiger charge is -2.31. The van der Waals surface area contributed by atoms with E-state index >= 15 is 0 Å². The molecule has 1 fully saturated rings. The first-order chi connectivity index (χ1) is 13.1. The lowest BCUT2D eigenvalue weighted by molar-refractivity contribution is 0.176. The topological polar surface area (TPSA) is 65.4 Å². The van der Waals surface area contributed by atoms with Crippen molar-refractivity contribution in [3.8, 4) is 0 Å². The van der Waals surface area contributed by atoms with Gasteiger partial charge in [-0.2, -0.15) is 0 Å². The van der Waals surface area contributed by atoms with Gasteiger partial charge in [0.05, 0.1) is 17.2 Å². The third-order valence-corrected chi connectivity index (χ3v) is 6.42. The van der Waals surface area contributed by atoms with E-state index in [2.05, 4.69) is 56.6 Å². The highest BCUT2D eigenvalue weighted by molar-refractivity contribution is 7.11. The molecule has 6 nitrogen and oxygen atoms in total. The summed E-state index contributed by atoms with van der Waals surface area (Å²) in [6.07, 6.45) is 4.36. The summed E-state index contributed by atoms with van der Waals surface area (Å²) in [5.41, 5.74) is 1.22. The fourth-order valence-electron chi connectivity index (χ4n) is 3.26. The number of hydrogen-bond acceptors (Lipinski definition) is 6. The Labute approximate surface area is 170 Å². The Bertz CT molecular complexity index is 730. The van der Waals surface area contributed by atoms with Gasteiger partial charge >= 0.3 is 0 Å². The fourth-order valence-corrected chi connectivity index (χ4v) is 4.58. The van der Waals surface area contributed by atoms with Gasteiger partial charge in [0, 0.05) is 36.1 Å². The number of aryl methyl sites for hydroxylation is 2. The predicted molar refractivity (Wildman–Crippen MR) is 115 cm³/mol. The van der Waals surface area contributed by atoms with Crippen LogP contribution in [0.3, 0.4) is 0 Å². The molecule has 0 radical (unpaired) electrons. The molecule has 27 heavy (non-hydrogen) atoms. The molecule has 0 aromatic carbocycles. The van der Waals surface area contributed by atoms with Gasteiger partial charge in [0.1, 0.15) is 5.01 Å². The SMILES string of the molecule is CCNC(=NCc1ncc(C)s1)NCC1CCN(Cc2csc(C)n2)CC1. The van der Waals surface area contributed by atoms with Crippen LogP contribution in [0.4, 0.5) is 0 Å². The van der Waals surface area contributed by atoms with Crippen molar-refractivity contribution in [3.63, 3.8) is 0 Å². The molecule has 2 aromatic rings. The zero-order chi connectivity index (χ0) is 19.1. The number of likely N-dealkylation sites (tertiary alicyclic amines) is 1. The average Bonchev–Trinajstić information content (AvgIpc) is 3.26. The molecule has 1 saturated heterocycles. The number of hydrogen-bond donors (Lipinski definition) is 2. The standard InChI is InChI=1S/C19H30N6S2/c1-4-20-19(23-11-18-21-9-14(2)27-18)22-10-16-5-7-25(8-6-16)12-17-13-26-15(3)24-17/h9,13,16H,4-8,10-12H2,1-3H3,(H2,20,22,23). The molecule has 3 heterocycles. The molecule has 0 spiro atoms. The predicted octanol–water partition coefficient (Wildman–Crippen LogP) is 3.18. The maximum absolute atomic E-state index is 4.68. The molecule has 0 saturated carbocycles. The fraction of sp³-hybridized carbons (Fsp3) is 0.632. The molecule has 0 atom stereocenters. The highest BCUT2D eigenvalue weighted by Crippen LogP contribution is 2.19. The maximum atomic E-state index is 4.68. The molecular weight excluding hydrogens is 376 g/mol. The smallest absolute Gasteiger partial charge is 0.191 e. The van der Waals surface area contributed by atoms with Crippen LogP contribution in [0, 0.1) is 19.8 Å². The van der Waals surface area contributed by atoms with Crippen molar-refractivity contribution < 1.29 is 0 Å². The van der Waals surface area contributed by atoms with Crippen molar-refractivity contribution in [2.75, 3.05) is 26.2 Å². The highest BCUT2D eigenvalue weighted by Gasteiger charge is 2.20. The van der Waals surface area contributed by atoms with Gasteiger partial charge in [0.15, 0.2) is 5.96 Å². The summed E-state index contributed by atoms with van der Waals surface area (Å²) in [6, 6.07) is 0. The Hall–Kier alpha value is -1.51. The van der Waals surface area contributed by atoms with E-state index in [4.69, 9.17) is 0 Å². The van der Waals surface area contributed by atoms with Crippen molar-refractivity contribution >= 4 is 28.6 Å². The van der Waals surface area contributed by atoms with E-state index in [1.807, 2.05) is 6.20 Å². The first-order valence-electron chi connectivity index (χ1n) is 9.69. The largest absolute Gasteiger partial charge is 0.357 e. The van der Waals surface area contributed by atoms with Gasteiger partial charge in [-0.05, 0) is 52.6 Å². The number of nitrogens with one attached hydrogen (secondary N) is 2. The molecule has 2 N–H and O–H groups in total. The third-order valence-electron chi connectivity index (χ3n) is 4.70. The van der Waals surface area contributed by atoms with Crippen molar-refractivity contribution in [2.45, 2.75) is 46.7 Å². The number of guanidine groups is 1. The van der Waals surface area contributed by atoms with Crippen LogP contribution >= 0.6 is 22.7 Å². The summed E-state index contributed by atoms with van der Waals surface area (Å²) < 4.78 is 0. The van der Waals surface area contributed by atoms with E-state index in [9.17, 15) is 0 Å². The monoisotopic (exact) mass is 406 g/mol. The molecule has 3 rings (SSSR count). The molecule has 1 aliphatic rings. The van der Waals surface area contributed by atoms with Crippen LogP contribution in [0.5, 0.6) is 0 Å². The molecule has 0 aliphatic carbocycles. The molecular formula is C19H30N6S2. The Morgan fingerprint density at radius 1 is 1.30 bits per heavy atom. The number of aromatic nitrogens is 2. The van der Waals surface area contributed by atoms with Crippen molar-refractivity contribution in [2.24, 2.45) is 10.9 Å². The van der Waals surface area contributed by atoms with E-state index in [0.29, 0.717) is 12.5 Å². The zero-order valence-electron chi connectivity index (χ0n) is 16.5. The Balaban J connectivity index is 1.41. The minimum absolute atomic E-state index is 0.638. The maximum Gasteiger partial charge on any atom is 0.191 e. The number of piperidine rings is 1. The quantitative estimate of drug-likeness (QED) is 0.546. The van der Waals surface area contributed by atoms with E-state index in [-0.39, 0.29) is 0 Å². The molecule has 8 heteroatoms. The highest BCUT2D eigenvalue weighted by atomic mass is 32.1. The third kappa shape index (κ3) is 6.55. The molecule has 148 valence electrons. The first kappa shape index (κ1) is 20.2. The number of aliphatic imine (C=N–C) groups is 1. The van der Waals surface area contributed by atoms with Gasteiger partial charge < -0.3 is 10.6 Å². The minimum Gasteiger partial charge on any atom is -0.357 e. The van der Waals surface area contributed by atoms with Crippen LogP contribution < -0.4 is 10.6 Å². The lowest BCUT2D eigenvalue weighted by atomic mass is 9.97. The van der Waals surface area contributed by atoms with Crippen molar-refractivity contribution in [1.29, 1.82) is 0 Å². The number of thiazole rings is 2. The molecule has 0 unspecified atom stereocenters. The molecule has 0 bridgehead atoms. The van der Waals surface area contributed by atoms with Gasteiger partial charge in [-0.3, -0.25) is 4.90 Å². The van der Waals surface area contributed by atoms with E-state index in [1.54, 1.807) is 22.7 Å². The van der Waals surface area contributed by atoms with Crippen LogP contribution in [-0.2, 0) is 13.1 Å². The van der Waals surface area contributed by atoms with Gasteiger partial charge in [-0.1, -0.05) is 0 Å². The second-order valence-corrected chi connectivity index (χ2v) is 9.40. The number of nitrogens with zero attached hydrogens (tertiary/aromatic N) is 4. The van der Waals surface area contributed by atoms with Crippen LogP contribution in [0.1, 0.15) is 40.4 Å². The van der Waals surface area contributed by atoms with Crippen molar-refractivity contribution in [1.82, 2.24) is 25.5 Å². The summed E-state index contributed by atoms with van der Waals surface area (Å²) in [6.45, 7) is 12.0. The molecule has 1 aliphatic heterocycles. The first-order valence-corrected chi connectivity index (χ1v) is 11.4. The summed E-state index contributed by atoms with van der Waals surface area (Å²) >= 11 is 3.45. The summed E-state index contributed by atoms with van der Waals surface area (Å²) in [5.74, 6) is 1.59. The second kappa shape index (κ2) is 10.1. The second-order valence-electron chi connectivity index (χ2n) is 7.02.